The molecule has 0 saturated carbocycles. The van der Waals surface area contributed by atoms with Gasteiger partial charge in [-0.1, -0.05) is 29.3 Å². The molecule has 0 aromatic heterocycles. The van der Waals surface area contributed by atoms with Gasteiger partial charge in [0.2, 0.25) is 0 Å². The minimum absolute atomic E-state index is 0.109. The lowest BCUT2D eigenvalue weighted by Crippen LogP contribution is -2.43. The summed E-state index contributed by atoms with van der Waals surface area (Å²) >= 11 is 11.8. The molecule has 0 fully saturated rings. The Morgan fingerprint density at radius 2 is 1.52 bits per heavy atom. The standard InChI is InChI=1S/C19H13Cl2F6NO3/c1-31-17(30)15(6-9-2-3-13(20)8-14(9)21)28-16(29)10-4-11(18(22,23)24)7-12(5-10)19(25,26)27/h2-5,7-8,15H,6H2,1H3,(H,28,29)/t15-/m0/s1. The fourth-order valence-electron chi connectivity index (χ4n) is 2.57. The first-order valence-corrected chi connectivity index (χ1v) is 9.10. The zero-order chi connectivity index (χ0) is 23.6. The molecule has 0 radical (unpaired) electrons. The van der Waals surface area contributed by atoms with Crippen LogP contribution in [0.1, 0.15) is 27.0 Å². The molecule has 0 aliphatic carbocycles. The highest BCUT2D eigenvalue weighted by Gasteiger charge is 2.38. The second-order valence-corrected chi connectivity index (χ2v) is 7.13. The van der Waals surface area contributed by atoms with E-state index in [9.17, 15) is 35.9 Å². The summed E-state index contributed by atoms with van der Waals surface area (Å²) in [5.74, 6) is -2.32. The van der Waals surface area contributed by atoms with Crippen molar-refractivity contribution >= 4 is 35.1 Å². The van der Waals surface area contributed by atoms with Gasteiger partial charge in [-0.05, 0) is 35.9 Å². The van der Waals surface area contributed by atoms with Gasteiger partial charge in [-0.15, -0.1) is 0 Å². The van der Waals surface area contributed by atoms with E-state index in [1.807, 2.05) is 0 Å². The Bertz CT molecular complexity index is 959. The van der Waals surface area contributed by atoms with E-state index in [4.69, 9.17) is 23.2 Å². The number of hydrogen-bond acceptors (Lipinski definition) is 3. The topological polar surface area (TPSA) is 55.4 Å². The van der Waals surface area contributed by atoms with Crippen molar-refractivity contribution in [3.05, 3.63) is 68.7 Å². The maximum atomic E-state index is 13.0. The number of carbonyl (C=O) groups is 2. The van der Waals surface area contributed by atoms with Crippen molar-refractivity contribution in [1.82, 2.24) is 5.32 Å². The van der Waals surface area contributed by atoms with E-state index >= 15 is 0 Å². The number of halogens is 8. The SMILES string of the molecule is COC(=O)[C@H](Cc1ccc(Cl)cc1Cl)NC(=O)c1cc(C(F)(F)F)cc(C(F)(F)F)c1. The minimum Gasteiger partial charge on any atom is -0.467 e. The first-order chi connectivity index (χ1) is 14.2. The number of alkyl halides is 6. The van der Waals surface area contributed by atoms with Crippen LogP contribution in [-0.2, 0) is 28.3 Å². The van der Waals surface area contributed by atoms with E-state index < -0.39 is 47.0 Å². The van der Waals surface area contributed by atoms with Crippen molar-refractivity contribution in [2.75, 3.05) is 7.11 Å². The Labute approximate surface area is 182 Å². The van der Waals surface area contributed by atoms with Crippen molar-refractivity contribution in [2.45, 2.75) is 24.8 Å². The van der Waals surface area contributed by atoms with E-state index in [1.165, 1.54) is 18.2 Å². The summed E-state index contributed by atoms with van der Waals surface area (Å²) in [7, 11) is 0.997. The molecule has 0 spiro atoms. The van der Waals surface area contributed by atoms with Crippen molar-refractivity contribution in [2.24, 2.45) is 0 Å². The van der Waals surface area contributed by atoms with Crippen LogP contribution in [0.2, 0.25) is 10.0 Å². The van der Waals surface area contributed by atoms with Crippen molar-refractivity contribution in [1.29, 1.82) is 0 Å². The van der Waals surface area contributed by atoms with Crippen LogP contribution in [-0.4, -0.2) is 25.0 Å². The second-order valence-electron chi connectivity index (χ2n) is 6.28. The molecule has 1 atom stereocenters. The van der Waals surface area contributed by atoms with Crippen LogP contribution in [0.25, 0.3) is 0 Å². The van der Waals surface area contributed by atoms with Crippen molar-refractivity contribution in [3.63, 3.8) is 0 Å². The number of esters is 1. The number of hydrogen-bond donors (Lipinski definition) is 1. The highest BCUT2D eigenvalue weighted by molar-refractivity contribution is 6.35. The Morgan fingerprint density at radius 1 is 0.968 bits per heavy atom. The molecule has 1 N–H and O–H groups in total. The molecule has 0 aliphatic rings. The molecule has 0 aliphatic heterocycles. The lowest BCUT2D eigenvalue weighted by Gasteiger charge is -2.19. The van der Waals surface area contributed by atoms with Crippen molar-refractivity contribution < 1.29 is 40.7 Å². The second kappa shape index (κ2) is 9.35. The molecule has 2 aromatic rings. The number of rotatable bonds is 5. The van der Waals surface area contributed by atoms with Crippen LogP contribution in [0.5, 0.6) is 0 Å². The van der Waals surface area contributed by atoms with Crippen molar-refractivity contribution in [3.8, 4) is 0 Å². The third kappa shape index (κ3) is 6.51. The molecular formula is C19H13Cl2F6NO3. The lowest BCUT2D eigenvalue weighted by atomic mass is 10.0. The zero-order valence-electron chi connectivity index (χ0n) is 15.5. The summed E-state index contributed by atoms with van der Waals surface area (Å²) in [5, 5.41) is 2.51. The molecule has 0 bridgehead atoms. The average molecular weight is 488 g/mol. The Kier molecular flexibility index (Phi) is 7.48. The molecule has 2 rings (SSSR count). The molecule has 4 nitrogen and oxygen atoms in total. The molecule has 31 heavy (non-hydrogen) atoms. The molecule has 0 saturated heterocycles. The summed E-state index contributed by atoms with van der Waals surface area (Å²) in [6, 6.07) is 3.21. The van der Waals surface area contributed by atoms with Gasteiger partial charge in [-0.2, -0.15) is 26.3 Å². The van der Waals surface area contributed by atoms with Crippen LogP contribution >= 0.6 is 23.2 Å². The number of methoxy groups -OCH3 is 1. The van der Waals surface area contributed by atoms with Crippen LogP contribution in [0.3, 0.4) is 0 Å². The van der Waals surface area contributed by atoms with Crippen LogP contribution < -0.4 is 5.32 Å². The minimum atomic E-state index is -5.13. The first kappa shape index (κ1) is 24.8. The number of amides is 1. The largest absolute Gasteiger partial charge is 0.467 e. The van der Waals surface area contributed by atoms with E-state index in [0.717, 1.165) is 7.11 Å². The Hall–Kier alpha value is -2.46. The fourth-order valence-corrected chi connectivity index (χ4v) is 3.06. The van der Waals surface area contributed by atoms with Gasteiger partial charge in [0.15, 0.2) is 0 Å². The van der Waals surface area contributed by atoms with E-state index in [2.05, 4.69) is 10.1 Å². The van der Waals surface area contributed by atoms with Crippen LogP contribution in [0, 0.1) is 0 Å². The third-order valence-corrected chi connectivity index (χ3v) is 4.67. The maximum absolute atomic E-state index is 13.0. The van der Waals surface area contributed by atoms with Gasteiger partial charge in [0.25, 0.3) is 5.91 Å². The summed E-state index contributed by atoms with van der Waals surface area (Å²) in [4.78, 5) is 24.5. The fraction of sp³-hybridized carbons (Fsp3) is 0.263. The summed E-state index contributed by atoms with van der Waals surface area (Å²) < 4.78 is 82.6. The number of ether oxygens (including phenoxy) is 1. The lowest BCUT2D eigenvalue weighted by molar-refractivity contribution is -0.144. The normalized spacial score (nSPS) is 12.9. The molecule has 2 aromatic carbocycles. The van der Waals surface area contributed by atoms with Crippen LogP contribution in [0.15, 0.2) is 36.4 Å². The predicted molar refractivity (Wildman–Crippen MR) is 99.9 cm³/mol. The summed E-state index contributed by atoms with van der Waals surface area (Å²) in [5.41, 5.74) is -3.93. The van der Waals surface area contributed by atoms with Gasteiger partial charge >= 0.3 is 18.3 Å². The molecule has 1 amide bonds. The van der Waals surface area contributed by atoms with E-state index in [0.29, 0.717) is 5.56 Å². The maximum Gasteiger partial charge on any atom is 0.416 e. The number of nitrogens with one attached hydrogen (secondary N) is 1. The van der Waals surface area contributed by atoms with Gasteiger partial charge in [-0.25, -0.2) is 4.79 Å². The first-order valence-electron chi connectivity index (χ1n) is 8.34. The van der Waals surface area contributed by atoms with E-state index in [-0.39, 0.29) is 34.7 Å². The highest BCUT2D eigenvalue weighted by Crippen LogP contribution is 2.36. The van der Waals surface area contributed by atoms with Crippen LogP contribution in [0.4, 0.5) is 26.3 Å². The molecule has 12 heteroatoms. The van der Waals surface area contributed by atoms with Gasteiger partial charge in [0.05, 0.1) is 18.2 Å². The molecular weight excluding hydrogens is 475 g/mol. The summed E-state index contributed by atoms with van der Waals surface area (Å²) in [6.07, 6.45) is -10.5. The molecule has 0 unspecified atom stereocenters. The number of benzene rings is 2. The quantitative estimate of drug-likeness (QED) is 0.444. The average Bonchev–Trinajstić information content (AvgIpc) is 2.66. The Balaban J connectivity index is 2.39. The monoisotopic (exact) mass is 487 g/mol. The van der Waals surface area contributed by atoms with Gasteiger partial charge in [0.1, 0.15) is 6.04 Å². The summed E-state index contributed by atoms with van der Waals surface area (Å²) in [6.45, 7) is 0. The van der Waals surface area contributed by atoms with E-state index in [1.54, 1.807) is 0 Å². The highest BCUT2D eigenvalue weighted by atomic mass is 35.5. The third-order valence-electron chi connectivity index (χ3n) is 4.08. The van der Waals surface area contributed by atoms with Gasteiger partial charge in [-0.3, -0.25) is 4.79 Å². The van der Waals surface area contributed by atoms with Gasteiger partial charge in [0, 0.05) is 22.0 Å². The smallest absolute Gasteiger partial charge is 0.416 e. The molecule has 168 valence electrons. The zero-order valence-corrected chi connectivity index (χ0v) is 17.0. The molecule has 0 heterocycles. The van der Waals surface area contributed by atoms with Gasteiger partial charge < -0.3 is 10.1 Å². The predicted octanol–water partition coefficient (Wildman–Crippen LogP) is 5.55. The number of carbonyl (C=O) groups excluding carboxylic acids is 2. The Morgan fingerprint density at radius 3 is 1.97 bits per heavy atom.